The molecule has 0 bridgehead atoms. The number of ether oxygens (including phenoxy) is 1. The highest BCUT2D eigenvalue weighted by Crippen LogP contribution is 2.23. The maximum absolute atomic E-state index is 12.2. The number of carbonyl (C=O) groups excluding carboxylic acids is 4. The van der Waals surface area contributed by atoms with Gasteiger partial charge < -0.3 is 15.0 Å². The lowest BCUT2D eigenvalue weighted by Crippen LogP contribution is -2.44. The van der Waals surface area contributed by atoms with Crippen molar-refractivity contribution in [3.05, 3.63) is 29.8 Å². The molecule has 0 radical (unpaired) electrons. The summed E-state index contributed by atoms with van der Waals surface area (Å²) in [6, 6.07) is 5.94. The first-order valence-corrected chi connectivity index (χ1v) is 9.42. The number of benzene rings is 1. The number of esters is 1. The Labute approximate surface area is 163 Å². The number of urea groups is 1. The van der Waals surface area contributed by atoms with Crippen LogP contribution in [-0.4, -0.2) is 61.2 Å². The molecule has 148 valence electrons. The van der Waals surface area contributed by atoms with Crippen molar-refractivity contribution in [2.24, 2.45) is 0 Å². The van der Waals surface area contributed by atoms with Crippen molar-refractivity contribution in [3.8, 4) is 0 Å². The third-order valence-corrected chi connectivity index (χ3v) is 4.59. The Balaban J connectivity index is 2.58. The van der Waals surface area contributed by atoms with Gasteiger partial charge in [-0.1, -0.05) is 19.1 Å². The maximum Gasteiger partial charge on any atom is 0.339 e. The predicted molar refractivity (Wildman–Crippen MR) is 103 cm³/mol. The third-order valence-electron chi connectivity index (χ3n) is 3.53. The molecule has 4 amide bonds. The van der Waals surface area contributed by atoms with Crippen LogP contribution in [0.15, 0.2) is 29.2 Å². The SMILES string of the molecule is CC[C@@H](C)NC(=O)NC(=O)COC(=O)c1ccccc1SCC(=O)N(C)C. The number of imide groups is 1. The van der Waals surface area contributed by atoms with Crippen molar-refractivity contribution in [2.75, 3.05) is 26.5 Å². The van der Waals surface area contributed by atoms with Crippen molar-refractivity contribution >= 4 is 35.6 Å². The number of carbonyl (C=O) groups is 4. The van der Waals surface area contributed by atoms with Crippen LogP contribution >= 0.6 is 11.8 Å². The number of thioether (sulfide) groups is 1. The van der Waals surface area contributed by atoms with Gasteiger partial charge in [0.15, 0.2) is 6.61 Å². The van der Waals surface area contributed by atoms with Crippen LogP contribution in [0.4, 0.5) is 4.79 Å². The topological polar surface area (TPSA) is 105 Å². The minimum atomic E-state index is -0.725. The number of amides is 4. The molecule has 2 N–H and O–H groups in total. The molecule has 0 aliphatic rings. The first-order chi connectivity index (χ1) is 12.7. The van der Waals surface area contributed by atoms with Crippen molar-refractivity contribution in [1.82, 2.24) is 15.5 Å². The second kappa shape index (κ2) is 11.2. The molecular weight excluding hydrogens is 370 g/mol. The van der Waals surface area contributed by atoms with Gasteiger partial charge >= 0.3 is 12.0 Å². The van der Waals surface area contributed by atoms with E-state index in [2.05, 4.69) is 10.6 Å². The molecular formula is C18H25N3O5S. The van der Waals surface area contributed by atoms with Gasteiger partial charge in [-0.3, -0.25) is 14.9 Å². The lowest BCUT2D eigenvalue weighted by Gasteiger charge is -2.13. The van der Waals surface area contributed by atoms with Crippen LogP contribution < -0.4 is 10.6 Å². The second-order valence-electron chi connectivity index (χ2n) is 5.98. The number of hydrogen-bond acceptors (Lipinski definition) is 6. The van der Waals surface area contributed by atoms with E-state index in [9.17, 15) is 19.2 Å². The van der Waals surface area contributed by atoms with Gasteiger partial charge in [-0.2, -0.15) is 0 Å². The Morgan fingerprint density at radius 1 is 1.19 bits per heavy atom. The van der Waals surface area contributed by atoms with Gasteiger partial charge in [0.2, 0.25) is 5.91 Å². The summed E-state index contributed by atoms with van der Waals surface area (Å²) in [5.74, 6) is -1.34. The number of nitrogens with one attached hydrogen (secondary N) is 2. The fourth-order valence-corrected chi connectivity index (χ4v) is 2.78. The van der Waals surface area contributed by atoms with Gasteiger partial charge in [0.25, 0.3) is 5.91 Å². The van der Waals surface area contributed by atoms with Crippen molar-refractivity contribution in [2.45, 2.75) is 31.2 Å². The van der Waals surface area contributed by atoms with E-state index in [-0.39, 0.29) is 23.3 Å². The van der Waals surface area contributed by atoms with Gasteiger partial charge in [-0.15, -0.1) is 11.8 Å². The highest BCUT2D eigenvalue weighted by atomic mass is 32.2. The summed E-state index contributed by atoms with van der Waals surface area (Å²) in [4.78, 5) is 49.3. The van der Waals surface area contributed by atoms with Gasteiger partial charge in [0.05, 0.1) is 11.3 Å². The smallest absolute Gasteiger partial charge is 0.339 e. The van der Waals surface area contributed by atoms with Crippen LogP contribution in [0.25, 0.3) is 0 Å². The van der Waals surface area contributed by atoms with Crippen LogP contribution in [-0.2, 0) is 14.3 Å². The summed E-state index contributed by atoms with van der Waals surface area (Å²) in [6.45, 7) is 3.12. The summed E-state index contributed by atoms with van der Waals surface area (Å²) in [6.07, 6.45) is 0.724. The average Bonchev–Trinajstić information content (AvgIpc) is 2.63. The van der Waals surface area contributed by atoms with E-state index in [1.165, 1.54) is 16.7 Å². The van der Waals surface area contributed by atoms with E-state index in [0.29, 0.717) is 4.90 Å². The molecule has 1 aromatic carbocycles. The summed E-state index contributed by atoms with van der Waals surface area (Å²) >= 11 is 1.21. The molecule has 0 fully saturated rings. The highest BCUT2D eigenvalue weighted by Gasteiger charge is 2.17. The highest BCUT2D eigenvalue weighted by molar-refractivity contribution is 8.00. The van der Waals surface area contributed by atoms with Crippen LogP contribution in [0.3, 0.4) is 0 Å². The van der Waals surface area contributed by atoms with Gasteiger partial charge in [0.1, 0.15) is 0 Å². The molecule has 0 unspecified atom stereocenters. The fraction of sp³-hybridized carbons (Fsp3) is 0.444. The zero-order chi connectivity index (χ0) is 20.4. The Bertz CT molecular complexity index is 693. The van der Waals surface area contributed by atoms with Crippen LogP contribution in [0.1, 0.15) is 30.6 Å². The van der Waals surface area contributed by atoms with E-state index in [4.69, 9.17) is 4.74 Å². The third kappa shape index (κ3) is 8.12. The molecule has 27 heavy (non-hydrogen) atoms. The lowest BCUT2D eigenvalue weighted by molar-refractivity contribution is -0.126. The Hall–Kier alpha value is -2.55. The zero-order valence-electron chi connectivity index (χ0n) is 15.9. The zero-order valence-corrected chi connectivity index (χ0v) is 16.7. The number of hydrogen-bond donors (Lipinski definition) is 2. The standard InChI is InChI=1S/C18H25N3O5S/c1-5-12(2)19-18(25)20-15(22)10-26-17(24)13-8-6-7-9-14(13)27-11-16(23)21(3)4/h6-9,12H,5,10-11H2,1-4H3,(H2,19,20,22,25)/t12-/m1/s1. The molecule has 1 atom stereocenters. The lowest BCUT2D eigenvalue weighted by atomic mass is 10.2. The van der Waals surface area contributed by atoms with E-state index in [1.807, 2.05) is 6.92 Å². The minimum absolute atomic E-state index is 0.0749. The summed E-state index contributed by atoms with van der Waals surface area (Å²) in [7, 11) is 3.30. The van der Waals surface area contributed by atoms with Crippen molar-refractivity contribution in [1.29, 1.82) is 0 Å². The molecule has 0 saturated carbocycles. The molecule has 1 rings (SSSR count). The second-order valence-corrected chi connectivity index (χ2v) is 7.00. The minimum Gasteiger partial charge on any atom is -0.452 e. The van der Waals surface area contributed by atoms with E-state index in [0.717, 1.165) is 6.42 Å². The molecule has 0 spiro atoms. The van der Waals surface area contributed by atoms with Crippen molar-refractivity contribution < 1.29 is 23.9 Å². The Morgan fingerprint density at radius 2 is 1.85 bits per heavy atom. The Morgan fingerprint density at radius 3 is 2.48 bits per heavy atom. The molecule has 8 nitrogen and oxygen atoms in total. The van der Waals surface area contributed by atoms with Gasteiger partial charge in [-0.25, -0.2) is 9.59 Å². The molecule has 0 aliphatic carbocycles. The Kier molecular flexibility index (Phi) is 9.35. The molecule has 0 saturated heterocycles. The van der Waals surface area contributed by atoms with Crippen molar-refractivity contribution in [3.63, 3.8) is 0 Å². The monoisotopic (exact) mass is 395 g/mol. The van der Waals surface area contributed by atoms with E-state index < -0.39 is 24.5 Å². The molecule has 9 heteroatoms. The van der Waals surface area contributed by atoms with E-state index in [1.54, 1.807) is 45.3 Å². The first-order valence-electron chi connectivity index (χ1n) is 8.44. The average molecular weight is 395 g/mol. The molecule has 0 heterocycles. The normalized spacial score (nSPS) is 11.3. The van der Waals surface area contributed by atoms with Gasteiger partial charge in [0, 0.05) is 25.0 Å². The fourth-order valence-electron chi connectivity index (χ4n) is 1.76. The van der Waals surface area contributed by atoms with Crippen LogP contribution in [0.2, 0.25) is 0 Å². The van der Waals surface area contributed by atoms with Crippen LogP contribution in [0, 0.1) is 0 Å². The predicted octanol–water partition coefficient (Wildman–Crippen LogP) is 1.65. The largest absolute Gasteiger partial charge is 0.452 e. The summed E-state index contributed by atoms with van der Waals surface area (Å²) in [5, 5.41) is 4.67. The summed E-state index contributed by atoms with van der Waals surface area (Å²) in [5.41, 5.74) is 0.255. The number of nitrogens with zero attached hydrogens (tertiary/aromatic N) is 1. The van der Waals surface area contributed by atoms with E-state index >= 15 is 0 Å². The molecule has 0 aromatic heterocycles. The number of rotatable bonds is 8. The quantitative estimate of drug-likeness (QED) is 0.512. The van der Waals surface area contributed by atoms with Gasteiger partial charge in [-0.05, 0) is 25.5 Å². The first kappa shape index (κ1) is 22.5. The molecule has 0 aliphatic heterocycles. The molecule has 1 aromatic rings. The summed E-state index contributed by atoms with van der Waals surface area (Å²) < 4.78 is 4.98. The van der Waals surface area contributed by atoms with Crippen LogP contribution in [0.5, 0.6) is 0 Å². The maximum atomic E-state index is 12.2.